The molecule has 0 unspecified atom stereocenters. The number of aryl methyl sites for hydroxylation is 1. The Labute approximate surface area is 207 Å². The number of anilines is 1. The Balaban J connectivity index is 1.30. The van der Waals surface area contributed by atoms with E-state index in [4.69, 9.17) is 10.5 Å². The number of hydrogen-bond donors (Lipinski definition) is 2. The second kappa shape index (κ2) is 8.95. The maximum absolute atomic E-state index is 13.3. The van der Waals surface area contributed by atoms with Crippen LogP contribution in [0.4, 0.5) is 5.95 Å². The minimum Gasteiger partial charge on any atom is -0.474 e. The summed E-state index contributed by atoms with van der Waals surface area (Å²) in [5.41, 5.74) is 10.4. The zero-order valence-corrected chi connectivity index (χ0v) is 19.9. The number of carbonyl (C=O) groups excluding carboxylic acids is 1. The number of nitrogens with zero attached hydrogens (tertiary/aromatic N) is 6. The van der Waals surface area contributed by atoms with Crippen molar-refractivity contribution in [2.45, 2.75) is 38.3 Å². The Hall–Kier alpha value is -4.47. The average Bonchev–Trinajstić information content (AvgIpc) is 3.62. The number of aromatic nitrogens is 6. The predicted molar refractivity (Wildman–Crippen MR) is 135 cm³/mol. The van der Waals surface area contributed by atoms with Crippen LogP contribution in [0, 0.1) is 0 Å². The van der Waals surface area contributed by atoms with E-state index in [2.05, 4.69) is 25.5 Å². The molecule has 5 aromatic rings. The number of benzene rings is 1. The molecule has 36 heavy (non-hydrogen) atoms. The minimum atomic E-state index is -0.192. The van der Waals surface area contributed by atoms with E-state index >= 15 is 0 Å². The Morgan fingerprint density at radius 3 is 2.94 bits per heavy atom. The molecule has 10 nitrogen and oxygen atoms in total. The summed E-state index contributed by atoms with van der Waals surface area (Å²) in [5.74, 6) is 0.606. The molecule has 1 aliphatic carbocycles. The first-order valence-corrected chi connectivity index (χ1v) is 12.0. The van der Waals surface area contributed by atoms with E-state index in [9.17, 15) is 4.79 Å². The van der Waals surface area contributed by atoms with Crippen molar-refractivity contribution in [1.29, 1.82) is 0 Å². The number of nitrogen functional groups attached to an aromatic ring is 1. The van der Waals surface area contributed by atoms with Crippen molar-refractivity contribution < 1.29 is 9.53 Å². The summed E-state index contributed by atoms with van der Waals surface area (Å²) in [6, 6.07) is 11.4. The molecule has 10 heteroatoms. The van der Waals surface area contributed by atoms with Crippen molar-refractivity contribution in [2.75, 3.05) is 5.73 Å². The lowest BCUT2D eigenvalue weighted by molar-refractivity contribution is 0.0950. The highest BCUT2D eigenvalue weighted by molar-refractivity contribution is 6.03. The third kappa shape index (κ3) is 4.10. The monoisotopic (exact) mass is 482 g/mol. The zero-order chi connectivity index (χ0) is 24.6. The summed E-state index contributed by atoms with van der Waals surface area (Å²) in [7, 11) is 1.86. The maximum Gasteiger partial charge on any atom is 0.251 e. The van der Waals surface area contributed by atoms with Gasteiger partial charge in [-0.3, -0.25) is 9.48 Å². The number of pyridine rings is 2. The van der Waals surface area contributed by atoms with E-state index in [1.807, 2.05) is 43.4 Å². The van der Waals surface area contributed by atoms with Gasteiger partial charge >= 0.3 is 0 Å². The van der Waals surface area contributed by atoms with Crippen molar-refractivity contribution in [3.63, 3.8) is 0 Å². The van der Waals surface area contributed by atoms with Crippen LogP contribution in [0.2, 0.25) is 0 Å². The Morgan fingerprint density at radius 2 is 2.08 bits per heavy atom. The van der Waals surface area contributed by atoms with E-state index in [1.165, 1.54) is 12.8 Å². The highest BCUT2D eigenvalue weighted by atomic mass is 16.5. The van der Waals surface area contributed by atoms with E-state index in [-0.39, 0.29) is 18.0 Å². The van der Waals surface area contributed by atoms with E-state index in [0.717, 1.165) is 40.4 Å². The minimum absolute atomic E-state index is 0.192. The fraction of sp³-hybridized carbons (Fsp3) is 0.269. The van der Waals surface area contributed by atoms with Gasteiger partial charge in [-0.2, -0.15) is 10.1 Å². The topological polar surface area (TPSA) is 125 Å². The largest absolute Gasteiger partial charge is 0.474 e. The summed E-state index contributed by atoms with van der Waals surface area (Å²) >= 11 is 0. The highest BCUT2D eigenvalue weighted by Crippen LogP contribution is 2.31. The summed E-state index contributed by atoms with van der Waals surface area (Å²) in [4.78, 5) is 22.0. The molecule has 0 atom stereocenters. The van der Waals surface area contributed by atoms with Gasteiger partial charge in [0.05, 0.1) is 11.7 Å². The second-order valence-corrected chi connectivity index (χ2v) is 9.09. The Kier molecular flexibility index (Phi) is 5.48. The average molecular weight is 483 g/mol. The third-order valence-corrected chi connectivity index (χ3v) is 6.66. The third-order valence-electron chi connectivity index (χ3n) is 6.66. The van der Waals surface area contributed by atoms with Gasteiger partial charge in [-0.05, 0) is 67.1 Å². The van der Waals surface area contributed by atoms with Gasteiger partial charge in [0.1, 0.15) is 6.10 Å². The lowest BCUT2D eigenvalue weighted by Gasteiger charge is -2.15. The van der Waals surface area contributed by atoms with Crippen molar-refractivity contribution in [3.05, 3.63) is 66.1 Å². The normalized spacial score (nSPS) is 14.0. The van der Waals surface area contributed by atoms with E-state index in [1.54, 1.807) is 27.8 Å². The van der Waals surface area contributed by atoms with Gasteiger partial charge in [-0.1, -0.05) is 6.07 Å². The number of hydrogen-bond acceptors (Lipinski definition) is 7. The predicted octanol–water partition coefficient (Wildman–Crippen LogP) is 3.51. The molecule has 1 amide bonds. The molecule has 1 aromatic carbocycles. The molecular formula is C26H26N8O2. The molecule has 0 spiro atoms. The van der Waals surface area contributed by atoms with Crippen LogP contribution in [-0.2, 0) is 13.6 Å². The first-order chi connectivity index (χ1) is 17.5. The van der Waals surface area contributed by atoms with Gasteiger partial charge in [0, 0.05) is 42.5 Å². The maximum atomic E-state index is 13.3. The van der Waals surface area contributed by atoms with Gasteiger partial charge in [-0.15, -0.1) is 5.10 Å². The van der Waals surface area contributed by atoms with Gasteiger partial charge in [0.15, 0.2) is 5.65 Å². The number of rotatable bonds is 6. The molecule has 182 valence electrons. The molecule has 0 bridgehead atoms. The number of ether oxygens (including phenoxy) is 1. The quantitative estimate of drug-likeness (QED) is 0.379. The number of fused-ring (bicyclic) bond motifs is 2. The summed E-state index contributed by atoms with van der Waals surface area (Å²) < 4.78 is 9.51. The van der Waals surface area contributed by atoms with E-state index in [0.29, 0.717) is 23.6 Å². The standard InChI is InChI=1S/C26H26N8O2/c1-33-22-12-18(24(35)29-14-17-5-4-9-28-25(17)36-19-6-2-3-7-19)11-20(21(22)15-30-33)16-8-10-34-23(13-16)31-26(27)32-34/h4-5,8-13,15,19H,2-3,6-7,14H2,1H3,(H2,27,32)(H,29,35). The number of nitrogens with one attached hydrogen (secondary N) is 1. The zero-order valence-electron chi connectivity index (χ0n) is 19.9. The molecule has 0 radical (unpaired) electrons. The molecule has 1 fully saturated rings. The fourth-order valence-electron chi connectivity index (χ4n) is 4.79. The Morgan fingerprint density at radius 1 is 1.22 bits per heavy atom. The smallest absolute Gasteiger partial charge is 0.251 e. The summed E-state index contributed by atoms with van der Waals surface area (Å²) in [5, 5.41) is 12.5. The van der Waals surface area contributed by atoms with E-state index < -0.39 is 0 Å². The molecule has 1 aliphatic rings. The van der Waals surface area contributed by atoms with Gasteiger partial charge in [0.2, 0.25) is 11.8 Å². The SMILES string of the molecule is Cn1ncc2c(-c3ccn4nc(N)nc4c3)cc(C(=O)NCc3cccnc3OC3CCCC3)cc21. The van der Waals surface area contributed by atoms with Crippen LogP contribution in [0.15, 0.2) is 55.0 Å². The van der Waals surface area contributed by atoms with Crippen LogP contribution in [0.25, 0.3) is 27.7 Å². The van der Waals surface area contributed by atoms with Crippen LogP contribution < -0.4 is 15.8 Å². The van der Waals surface area contributed by atoms with Crippen LogP contribution in [0.1, 0.15) is 41.6 Å². The summed E-state index contributed by atoms with van der Waals surface area (Å²) in [6.07, 6.45) is 9.97. The lowest BCUT2D eigenvalue weighted by atomic mass is 9.99. The first-order valence-electron chi connectivity index (χ1n) is 12.0. The van der Waals surface area contributed by atoms with Crippen LogP contribution in [0.5, 0.6) is 5.88 Å². The molecule has 0 saturated heterocycles. The number of amides is 1. The highest BCUT2D eigenvalue weighted by Gasteiger charge is 2.20. The molecule has 3 N–H and O–H groups in total. The Bertz CT molecular complexity index is 1580. The first kappa shape index (κ1) is 22.0. The number of carbonyl (C=O) groups is 1. The molecular weight excluding hydrogens is 456 g/mol. The summed E-state index contributed by atoms with van der Waals surface area (Å²) in [6.45, 7) is 0.318. The van der Waals surface area contributed by atoms with Crippen molar-refractivity contribution in [1.82, 2.24) is 34.7 Å². The van der Waals surface area contributed by atoms with Crippen LogP contribution in [0.3, 0.4) is 0 Å². The van der Waals surface area contributed by atoms with Gasteiger partial charge < -0.3 is 15.8 Å². The van der Waals surface area contributed by atoms with Gasteiger partial charge in [-0.25, -0.2) is 9.50 Å². The van der Waals surface area contributed by atoms with Crippen molar-refractivity contribution in [2.24, 2.45) is 7.05 Å². The molecule has 6 rings (SSSR count). The van der Waals surface area contributed by atoms with Crippen LogP contribution in [-0.4, -0.2) is 41.4 Å². The molecule has 4 heterocycles. The molecule has 0 aliphatic heterocycles. The van der Waals surface area contributed by atoms with Crippen molar-refractivity contribution >= 4 is 28.4 Å². The van der Waals surface area contributed by atoms with Crippen LogP contribution >= 0.6 is 0 Å². The number of nitrogens with two attached hydrogens (primary N) is 1. The lowest BCUT2D eigenvalue weighted by Crippen LogP contribution is -2.24. The fourth-order valence-corrected chi connectivity index (χ4v) is 4.79. The molecule has 1 saturated carbocycles. The second-order valence-electron chi connectivity index (χ2n) is 9.09. The van der Waals surface area contributed by atoms with Gasteiger partial charge in [0.25, 0.3) is 5.91 Å². The van der Waals surface area contributed by atoms with Crippen molar-refractivity contribution in [3.8, 4) is 17.0 Å². The molecule has 4 aromatic heterocycles.